The van der Waals surface area contributed by atoms with Crippen molar-refractivity contribution < 1.29 is 14.4 Å². The minimum absolute atomic E-state index is 0.0100. The number of carbonyl (C=O) groups excluding carboxylic acids is 3. The van der Waals surface area contributed by atoms with E-state index in [1.54, 1.807) is 37.3 Å². The summed E-state index contributed by atoms with van der Waals surface area (Å²) in [5, 5.41) is 12.2. The van der Waals surface area contributed by atoms with Gasteiger partial charge in [-0.05, 0) is 42.3 Å². The number of benzene rings is 2. The molecule has 0 atom stereocenters. The van der Waals surface area contributed by atoms with Gasteiger partial charge >= 0.3 is 6.03 Å². The van der Waals surface area contributed by atoms with E-state index in [1.807, 2.05) is 18.2 Å². The molecule has 0 spiro atoms. The third-order valence-corrected chi connectivity index (χ3v) is 6.23. The summed E-state index contributed by atoms with van der Waals surface area (Å²) in [4.78, 5) is 52.8. The quantitative estimate of drug-likeness (QED) is 0.245. The first-order valence-electron chi connectivity index (χ1n) is 11.9. The number of hydrogen-bond donors (Lipinski definition) is 4. The minimum atomic E-state index is -0.730. The first kappa shape index (κ1) is 28.3. The van der Waals surface area contributed by atoms with Crippen LogP contribution in [0.15, 0.2) is 71.8 Å². The molecule has 4 aromatic rings. The van der Waals surface area contributed by atoms with Crippen LogP contribution in [0.25, 0.3) is 22.4 Å². The number of urea groups is 1. The van der Waals surface area contributed by atoms with Crippen molar-refractivity contribution in [1.82, 2.24) is 20.1 Å². The highest BCUT2D eigenvalue weighted by molar-refractivity contribution is 6.39. The molecule has 2 heterocycles. The maximum absolute atomic E-state index is 12.9. The van der Waals surface area contributed by atoms with E-state index in [0.717, 1.165) is 11.1 Å². The molecule has 2 aromatic carbocycles. The number of rotatable bonds is 8. The smallest absolute Gasteiger partial charge is 0.323 e. The molecular weight excluding hydrogens is 557 g/mol. The lowest BCUT2D eigenvalue weighted by atomic mass is 9.99. The van der Waals surface area contributed by atoms with Crippen LogP contribution in [0.5, 0.6) is 0 Å². The van der Waals surface area contributed by atoms with Crippen LogP contribution in [0.4, 0.5) is 16.2 Å². The SMILES string of the molecule is CCn1nc(-c2cccc(-c3cccc(C(=O)NCC(N)=O)c3)c2)cc(NC(=O)Nc2c(Cl)cncc2Cl)c1=O. The Kier molecular flexibility index (Phi) is 8.77. The van der Waals surface area contributed by atoms with Gasteiger partial charge in [0.15, 0.2) is 0 Å². The first-order valence-corrected chi connectivity index (χ1v) is 12.7. The van der Waals surface area contributed by atoms with Crippen LogP contribution in [0.3, 0.4) is 0 Å². The van der Waals surface area contributed by atoms with E-state index in [4.69, 9.17) is 28.9 Å². The number of pyridine rings is 1. The number of primary amides is 1. The summed E-state index contributed by atoms with van der Waals surface area (Å²) in [6.07, 6.45) is 2.65. The Hall–Kier alpha value is -4.74. The van der Waals surface area contributed by atoms with Gasteiger partial charge in [0.1, 0.15) is 5.69 Å². The fourth-order valence-electron chi connectivity index (χ4n) is 3.75. The molecule has 11 nitrogen and oxygen atoms in total. The molecule has 40 heavy (non-hydrogen) atoms. The average Bonchev–Trinajstić information content (AvgIpc) is 2.95. The Bertz CT molecular complexity index is 1650. The maximum Gasteiger partial charge on any atom is 0.323 e. The van der Waals surface area contributed by atoms with Crippen LogP contribution in [0, 0.1) is 0 Å². The number of aryl methyl sites for hydroxylation is 1. The normalized spacial score (nSPS) is 10.6. The predicted octanol–water partition coefficient (Wildman–Crippen LogP) is 4.16. The van der Waals surface area contributed by atoms with Crippen LogP contribution < -0.4 is 27.2 Å². The number of carbonyl (C=O) groups is 3. The van der Waals surface area contributed by atoms with Crippen molar-refractivity contribution in [3.8, 4) is 22.4 Å². The van der Waals surface area contributed by atoms with Gasteiger partial charge in [-0.2, -0.15) is 5.10 Å². The zero-order valence-electron chi connectivity index (χ0n) is 21.1. The molecule has 0 radical (unpaired) electrons. The maximum atomic E-state index is 12.9. The largest absolute Gasteiger partial charge is 0.368 e. The van der Waals surface area contributed by atoms with E-state index >= 15 is 0 Å². The molecule has 13 heteroatoms. The fraction of sp³-hybridized carbons (Fsp3) is 0.111. The van der Waals surface area contributed by atoms with Crippen molar-refractivity contribution in [3.05, 3.63) is 93.0 Å². The van der Waals surface area contributed by atoms with E-state index in [1.165, 1.54) is 23.1 Å². The number of amides is 4. The average molecular weight is 580 g/mol. The number of hydrogen-bond acceptors (Lipinski definition) is 6. The lowest BCUT2D eigenvalue weighted by Gasteiger charge is -2.13. The second-order valence-electron chi connectivity index (χ2n) is 8.43. The zero-order chi connectivity index (χ0) is 28.8. The summed E-state index contributed by atoms with van der Waals surface area (Å²) in [6, 6.07) is 14.9. The highest BCUT2D eigenvalue weighted by Crippen LogP contribution is 2.29. The molecule has 2 aromatic heterocycles. The third-order valence-electron chi connectivity index (χ3n) is 5.65. The Morgan fingerprint density at radius 3 is 2.25 bits per heavy atom. The molecule has 0 aliphatic rings. The summed E-state index contributed by atoms with van der Waals surface area (Å²) < 4.78 is 1.23. The van der Waals surface area contributed by atoms with Crippen molar-refractivity contribution in [2.24, 2.45) is 5.73 Å². The number of halogens is 2. The molecule has 0 aliphatic carbocycles. The number of nitrogens with one attached hydrogen (secondary N) is 3. The molecule has 4 rings (SSSR count). The molecule has 0 saturated carbocycles. The van der Waals surface area contributed by atoms with Gasteiger partial charge in [0.25, 0.3) is 11.5 Å². The van der Waals surface area contributed by atoms with Crippen LogP contribution in [-0.2, 0) is 11.3 Å². The Balaban J connectivity index is 1.63. The van der Waals surface area contributed by atoms with Gasteiger partial charge in [0.05, 0.1) is 28.0 Å². The Labute approximate surface area is 238 Å². The standard InChI is InChI=1S/C27H23Cl2N7O4/c1-2-36-26(39)22(33-27(40)34-24-19(28)12-31-13-20(24)29)11-21(35-36)17-7-3-5-15(9-17)16-6-4-8-18(10-16)25(38)32-14-23(30)37/h3-13H,2,14H2,1H3,(H2,30,37)(H,32,38)(H2,31,33,34,40). The first-order chi connectivity index (χ1) is 19.2. The second kappa shape index (κ2) is 12.4. The second-order valence-corrected chi connectivity index (χ2v) is 9.25. The summed E-state index contributed by atoms with van der Waals surface area (Å²) in [7, 11) is 0. The van der Waals surface area contributed by atoms with Gasteiger partial charge < -0.3 is 21.7 Å². The van der Waals surface area contributed by atoms with Gasteiger partial charge in [-0.25, -0.2) is 9.48 Å². The van der Waals surface area contributed by atoms with Crippen LogP contribution in [-0.4, -0.2) is 39.2 Å². The van der Waals surface area contributed by atoms with Crippen LogP contribution in [0.1, 0.15) is 17.3 Å². The molecule has 0 aliphatic heterocycles. The van der Waals surface area contributed by atoms with Gasteiger partial charge in [-0.1, -0.05) is 53.5 Å². The van der Waals surface area contributed by atoms with Gasteiger partial charge in [0.2, 0.25) is 5.91 Å². The van der Waals surface area contributed by atoms with E-state index in [-0.39, 0.29) is 34.5 Å². The van der Waals surface area contributed by atoms with Gasteiger partial charge in [0, 0.05) is 30.1 Å². The molecule has 0 fully saturated rings. The molecule has 0 saturated heterocycles. The highest BCUT2D eigenvalue weighted by Gasteiger charge is 2.15. The number of aromatic nitrogens is 3. The summed E-state index contributed by atoms with van der Waals surface area (Å²) in [5.41, 5.74) is 7.69. The van der Waals surface area contributed by atoms with Crippen LogP contribution in [0.2, 0.25) is 10.0 Å². The minimum Gasteiger partial charge on any atom is -0.368 e. The van der Waals surface area contributed by atoms with Crippen molar-refractivity contribution in [2.45, 2.75) is 13.5 Å². The highest BCUT2D eigenvalue weighted by atomic mass is 35.5. The predicted molar refractivity (Wildman–Crippen MR) is 153 cm³/mol. The molecule has 4 amide bonds. The van der Waals surface area contributed by atoms with E-state index in [0.29, 0.717) is 16.8 Å². The number of nitrogens with two attached hydrogens (primary N) is 1. The number of nitrogens with zero attached hydrogens (tertiary/aromatic N) is 3. The lowest BCUT2D eigenvalue weighted by Crippen LogP contribution is -2.33. The van der Waals surface area contributed by atoms with E-state index in [2.05, 4.69) is 26.0 Å². The van der Waals surface area contributed by atoms with E-state index < -0.39 is 23.4 Å². The monoisotopic (exact) mass is 579 g/mol. The third kappa shape index (κ3) is 6.63. The Morgan fingerprint density at radius 2 is 1.57 bits per heavy atom. The molecular formula is C27H23Cl2N7O4. The summed E-state index contributed by atoms with van der Waals surface area (Å²) >= 11 is 12.2. The van der Waals surface area contributed by atoms with Gasteiger partial charge in [-0.3, -0.25) is 19.4 Å². The van der Waals surface area contributed by atoms with Crippen molar-refractivity contribution in [2.75, 3.05) is 17.2 Å². The number of anilines is 2. The zero-order valence-corrected chi connectivity index (χ0v) is 22.6. The Morgan fingerprint density at radius 1 is 0.925 bits per heavy atom. The summed E-state index contributed by atoms with van der Waals surface area (Å²) in [5.74, 6) is -1.08. The topological polar surface area (TPSA) is 161 Å². The van der Waals surface area contributed by atoms with Crippen molar-refractivity contribution in [1.29, 1.82) is 0 Å². The van der Waals surface area contributed by atoms with Crippen molar-refractivity contribution in [3.63, 3.8) is 0 Å². The molecule has 204 valence electrons. The van der Waals surface area contributed by atoms with Crippen molar-refractivity contribution >= 4 is 52.4 Å². The lowest BCUT2D eigenvalue weighted by molar-refractivity contribution is -0.117. The fourth-order valence-corrected chi connectivity index (χ4v) is 4.21. The molecule has 5 N–H and O–H groups in total. The van der Waals surface area contributed by atoms with Gasteiger partial charge in [-0.15, -0.1) is 0 Å². The van der Waals surface area contributed by atoms with Crippen LogP contribution >= 0.6 is 23.2 Å². The summed E-state index contributed by atoms with van der Waals surface area (Å²) in [6.45, 7) is 1.74. The van der Waals surface area contributed by atoms with E-state index in [9.17, 15) is 19.2 Å². The molecule has 0 unspecified atom stereocenters. The molecule has 0 bridgehead atoms.